The summed E-state index contributed by atoms with van der Waals surface area (Å²) in [6.07, 6.45) is 0. The van der Waals surface area contributed by atoms with Crippen LogP contribution in [0.3, 0.4) is 0 Å². The van der Waals surface area contributed by atoms with Crippen LogP contribution in [-0.4, -0.2) is 42.3 Å². The highest BCUT2D eigenvalue weighted by Crippen LogP contribution is 2.36. The van der Waals surface area contributed by atoms with Gasteiger partial charge in [0.15, 0.2) is 0 Å². The molecule has 0 atom stereocenters. The number of hydrogen-bond donors (Lipinski definition) is 1. The molecule has 2 aromatic carbocycles. The zero-order chi connectivity index (χ0) is 21.9. The molecule has 3 rings (SSSR count). The van der Waals surface area contributed by atoms with Crippen molar-refractivity contribution < 1.29 is 14.3 Å². The molecule has 0 unspecified atom stereocenters. The minimum absolute atomic E-state index is 0.164. The van der Waals surface area contributed by atoms with Crippen LogP contribution in [0.4, 0.5) is 5.69 Å². The third-order valence-electron chi connectivity index (χ3n) is 4.17. The van der Waals surface area contributed by atoms with E-state index in [4.69, 9.17) is 26.1 Å². The van der Waals surface area contributed by atoms with Crippen molar-refractivity contribution in [3.63, 3.8) is 0 Å². The number of methoxy groups -OCH3 is 2. The van der Waals surface area contributed by atoms with E-state index in [1.165, 1.54) is 26.0 Å². The third kappa shape index (κ3) is 5.36. The van der Waals surface area contributed by atoms with Gasteiger partial charge >= 0.3 is 0 Å². The van der Waals surface area contributed by atoms with E-state index in [2.05, 4.69) is 26.2 Å². The maximum atomic E-state index is 12.6. The SMILES string of the molecule is COc1cc(OC)c(NC(=O)CSC2=NC(C)(C)N=C2c2ccc(Br)cc2)cc1Cl. The molecule has 0 aromatic heterocycles. The number of rotatable bonds is 6. The Balaban J connectivity index is 1.72. The maximum absolute atomic E-state index is 12.6. The molecule has 0 bridgehead atoms. The van der Waals surface area contributed by atoms with Crippen molar-refractivity contribution in [2.45, 2.75) is 19.5 Å². The van der Waals surface area contributed by atoms with E-state index >= 15 is 0 Å². The van der Waals surface area contributed by atoms with E-state index in [0.29, 0.717) is 22.2 Å². The first-order valence-electron chi connectivity index (χ1n) is 9.02. The van der Waals surface area contributed by atoms with Crippen LogP contribution >= 0.6 is 39.3 Å². The van der Waals surface area contributed by atoms with Gasteiger partial charge in [-0.1, -0.05) is 51.4 Å². The molecule has 0 fully saturated rings. The Hall–Kier alpha value is -2.03. The van der Waals surface area contributed by atoms with Gasteiger partial charge in [-0.05, 0) is 32.0 Å². The van der Waals surface area contributed by atoms with Gasteiger partial charge in [-0.25, -0.2) is 4.99 Å². The number of anilines is 1. The minimum atomic E-state index is -0.562. The number of ether oxygens (including phenoxy) is 2. The first kappa shape index (κ1) is 22.7. The number of halogens is 2. The topological polar surface area (TPSA) is 72.3 Å². The standard InChI is InChI=1S/C21H21BrClN3O3S/c1-21(2)25-19(12-5-7-13(22)8-6-12)20(26-21)30-11-18(27)24-15-9-14(23)16(28-3)10-17(15)29-4/h5-10H,11H2,1-4H3,(H,24,27). The monoisotopic (exact) mass is 509 g/mol. The zero-order valence-electron chi connectivity index (χ0n) is 17.0. The van der Waals surface area contributed by atoms with E-state index in [-0.39, 0.29) is 11.7 Å². The normalized spacial score (nSPS) is 14.7. The van der Waals surface area contributed by atoms with Crippen LogP contribution in [-0.2, 0) is 4.79 Å². The van der Waals surface area contributed by atoms with Gasteiger partial charge in [-0.2, -0.15) is 0 Å². The molecule has 1 N–H and O–H groups in total. The summed E-state index contributed by atoms with van der Waals surface area (Å²) >= 11 is 11.0. The lowest BCUT2D eigenvalue weighted by atomic mass is 10.1. The summed E-state index contributed by atoms with van der Waals surface area (Å²) in [4.78, 5) is 22.0. The summed E-state index contributed by atoms with van der Waals surface area (Å²) in [7, 11) is 3.04. The van der Waals surface area contributed by atoms with Crippen LogP contribution < -0.4 is 14.8 Å². The quantitative estimate of drug-likeness (QED) is 0.562. The lowest BCUT2D eigenvalue weighted by Crippen LogP contribution is -2.18. The van der Waals surface area contributed by atoms with E-state index in [1.807, 2.05) is 38.1 Å². The molecule has 0 spiro atoms. The van der Waals surface area contributed by atoms with Gasteiger partial charge in [0.05, 0.1) is 36.4 Å². The summed E-state index contributed by atoms with van der Waals surface area (Å²) in [5, 5.41) is 3.95. The molecule has 0 radical (unpaired) electrons. The lowest BCUT2D eigenvalue weighted by molar-refractivity contribution is -0.113. The number of hydrogen-bond acceptors (Lipinski definition) is 6. The predicted molar refractivity (Wildman–Crippen MR) is 128 cm³/mol. The van der Waals surface area contributed by atoms with E-state index < -0.39 is 5.66 Å². The summed E-state index contributed by atoms with van der Waals surface area (Å²) in [6.45, 7) is 3.87. The Morgan fingerprint density at radius 2 is 1.80 bits per heavy atom. The number of thioether (sulfide) groups is 1. The van der Waals surface area contributed by atoms with Crippen LogP contribution in [0.2, 0.25) is 5.02 Å². The molecular formula is C21H21BrClN3O3S. The maximum Gasteiger partial charge on any atom is 0.234 e. The van der Waals surface area contributed by atoms with Gasteiger partial charge in [-0.3, -0.25) is 9.79 Å². The number of benzene rings is 2. The van der Waals surface area contributed by atoms with Gasteiger partial charge in [0.1, 0.15) is 22.2 Å². The van der Waals surface area contributed by atoms with Crippen LogP contribution in [0.1, 0.15) is 19.4 Å². The van der Waals surface area contributed by atoms with Crippen LogP contribution in [0, 0.1) is 0 Å². The van der Waals surface area contributed by atoms with Crippen molar-refractivity contribution >= 4 is 61.6 Å². The second kappa shape index (κ2) is 9.41. The number of carbonyl (C=O) groups is 1. The fraction of sp³-hybridized carbons (Fsp3) is 0.286. The predicted octanol–water partition coefficient (Wildman–Crippen LogP) is 5.43. The van der Waals surface area contributed by atoms with Gasteiger partial charge in [0.25, 0.3) is 0 Å². The highest BCUT2D eigenvalue weighted by Gasteiger charge is 2.28. The zero-order valence-corrected chi connectivity index (χ0v) is 20.1. The van der Waals surface area contributed by atoms with Crippen molar-refractivity contribution in [3.8, 4) is 11.5 Å². The minimum Gasteiger partial charge on any atom is -0.495 e. The average Bonchev–Trinajstić information content (AvgIpc) is 3.02. The molecule has 1 amide bonds. The second-order valence-corrected chi connectivity index (χ2v) is 9.19. The summed E-state index contributed by atoms with van der Waals surface area (Å²) in [6, 6.07) is 11.1. The molecule has 9 heteroatoms. The van der Waals surface area contributed by atoms with Gasteiger partial charge in [0.2, 0.25) is 5.91 Å². The van der Waals surface area contributed by atoms with E-state index in [0.717, 1.165) is 20.8 Å². The van der Waals surface area contributed by atoms with Crippen LogP contribution in [0.15, 0.2) is 50.9 Å². The molecule has 2 aromatic rings. The Morgan fingerprint density at radius 1 is 1.13 bits per heavy atom. The smallest absolute Gasteiger partial charge is 0.234 e. The number of nitrogens with zero attached hydrogens (tertiary/aromatic N) is 2. The lowest BCUT2D eigenvalue weighted by Gasteiger charge is -2.13. The molecule has 1 heterocycles. The van der Waals surface area contributed by atoms with Gasteiger partial charge in [0, 0.05) is 16.1 Å². The fourth-order valence-corrected chi connectivity index (χ4v) is 4.26. The van der Waals surface area contributed by atoms with Crippen molar-refractivity contribution in [3.05, 3.63) is 51.5 Å². The second-order valence-electron chi connectivity index (χ2n) is 6.90. The van der Waals surface area contributed by atoms with Crippen molar-refractivity contribution in [1.82, 2.24) is 0 Å². The first-order chi connectivity index (χ1) is 14.2. The first-order valence-corrected chi connectivity index (χ1v) is 11.2. The van der Waals surface area contributed by atoms with Crippen LogP contribution in [0.5, 0.6) is 11.5 Å². The van der Waals surface area contributed by atoms with Crippen LogP contribution in [0.25, 0.3) is 0 Å². The largest absolute Gasteiger partial charge is 0.495 e. The van der Waals surface area contributed by atoms with Gasteiger partial charge < -0.3 is 14.8 Å². The molecular weight excluding hydrogens is 490 g/mol. The van der Waals surface area contributed by atoms with Crippen molar-refractivity contribution in [1.29, 1.82) is 0 Å². The highest BCUT2D eigenvalue weighted by molar-refractivity contribution is 9.10. The number of aliphatic imine (C=N–C) groups is 2. The number of nitrogens with one attached hydrogen (secondary N) is 1. The van der Waals surface area contributed by atoms with E-state index in [1.54, 1.807) is 12.1 Å². The molecule has 0 saturated carbocycles. The van der Waals surface area contributed by atoms with Crippen molar-refractivity contribution in [2.24, 2.45) is 9.98 Å². The number of amides is 1. The van der Waals surface area contributed by atoms with E-state index in [9.17, 15) is 4.79 Å². The number of carbonyl (C=O) groups excluding carboxylic acids is 1. The molecule has 158 valence electrons. The molecule has 1 aliphatic heterocycles. The van der Waals surface area contributed by atoms with Gasteiger partial charge in [-0.15, -0.1) is 0 Å². The third-order valence-corrected chi connectivity index (χ3v) is 5.96. The summed E-state index contributed by atoms with van der Waals surface area (Å²) < 4.78 is 11.5. The average molecular weight is 511 g/mol. The molecule has 1 aliphatic rings. The van der Waals surface area contributed by atoms with Crippen molar-refractivity contribution in [2.75, 3.05) is 25.3 Å². The molecule has 0 aliphatic carbocycles. The Bertz CT molecular complexity index is 1020. The summed E-state index contributed by atoms with van der Waals surface area (Å²) in [5.74, 6) is 0.893. The fourth-order valence-electron chi connectivity index (χ4n) is 2.82. The Morgan fingerprint density at radius 3 is 2.43 bits per heavy atom. The molecule has 6 nitrogen and oxygen atoms in total. The molecule has 30 heavy (non-hydrogen) atoms. The Kier molecular flexibility index (Phi) is 7.10. The summed E-state index contributed by atoms with van der Waals surface area (Å²) in [5.41, 5.74) is 1.66. The molecule has 0 saturated heterocycles. The highest BCUT2D eigenvalue weighted by atomic mass is 79.9. The Labute approximate surface area is 193 Å².